The monoisotopic (exact) mass is 327 g/mol. The lowest BCUT2D eigenvalue weighted by Crippen LogP contribution is -2.18. The van der Waals surface area contributed by atoms with Crippen LogP contribution in [0.1, 0.15) is 30.4 Å². The second kappa shape index (κ2) is 8.72. The van der Waals surface area contributed by atoms with Crippen LogP contribution >= 0.6 is 0 Å². The molecule has 1 N–H and O–H groups in total. The minimum absolute atomic E-state index is 0.0851. The highest BCUT2D eigenvalue weighted by Crippen LogP contribution is 2.14. The fraction of sp³-hybridized carbons (Fsp3) is 0.263. The van der Waals surface area contributed by atoms with E-state index in [0.717, 1.165) is 16.9 Å². The first-order valence-electron chi connectivity index (χ1n) is 7.83. The van der Waals surface area contributed by atoms with Gasteiger partial charge in [0, 0.05) is 25.2 Å². The molecule has 1 heterocycles. The van der Waals surface area contributed by atoms with Crippen molar-refractivity contribution >= 4 is 18.1 Å². The summed E-state index contributed by atoms with van der Waals surface area (Å²) in [5, 5.41) is 8.60. The van der Waals surface area contributed by atoms with Gasteiger partial charge in [-0.1, -0.05) is 24.3 Å². The number of aliphatic carboxylic acids is 1. The van der Waals surface area contributed by atoms with Crippen LogP contribution in [0, 0.1) is 0 Å². The largest absolute Gasteiger partial charge is 0.497 e. The minimum atomic E-state index is -0.805. The van der Waals surface area contributed by atoms with E-state index in [2.05, 4.69) is 0 Å². The summed E-state index contributed by atoms with van der Waals surface area (Å²) >= 11 is 0. The Labute approximate surface area is 140 Å². The van der Waals surface area contributed by atoms with Crippen molar-refractivity contribution in [3.63, 3.8) is 0 Å². The number of rotatable bonds is 8. The Morgan fingerprint density at radius 2 is 1.92 bits per heavy atom. The Morgan fingerprint density at radius 1 is 1.17 bits per heavy atom. The van der Waals surface area contributed by atoms with Gasteiger partial charge in [-0.25, -0.2) is 0 Å². The van der Waals surface area contributed by atoms with Crippen molar-refractivity contribution in [1.29, 1.82) is 0 Å². The normalized spacial score (nSPS) is 10.9. The molecule has 0 atom stereocenters. The SMILES string of the molecule is COc1cccc(/C=C/c2ccn(CCCCC(=O)O)c(=O)c2)c1. The number of carbonyl (C=O) groups is 1. The van der Waals surface area contributed by atoms with Crippen molar-refractivity contribution in [1.82, 2.24) is 4.57 Å². The van der Waals surface area contributed by atoms with Gasteiger partial charge < -0.3 is 14.4 Å². The van der Waals surface area contributed by atoms with E-state index >= 15 is 0 Å². The molecule has 5 heteroatoms. The summed E-state index contributed by atoms with van der Waals surface area (Å²) in [5.41, 5.74) is 1.73. The Kier molecular flexibility index (Phi) is 6.37. The first-order chi connectivity index (χ1) is 11.6. The molecule has 0 amide bonds. The van der Waals surface area contributed by atoms with Crippen molar-refractivity contribution in [2.75, 3.05) is 7.11 Å². The van der Waals surface area contributed by atoms with Gasteiger partial charge in [-0.05, 0) is 42.2 Å². The second-order valence-electron chi connectivity index (χ2n) is 5.45. The van der Waals surface area contributed by atoms with Gasteiger partial charge in [-0.3, -0.25) is 9.59 Å². The second-order valence-corrected chi connectivity index (χ2v) is 5.45. The molecule has 2 rings (SSSR count). The minimum Gasteiger partial charge on any atom is -0.497 e. The number of nitrogens with zero attached hydrogens (tertiary/aromatic N) is 1. The lowest BCUT2D eigenvalue weighted by Gasteiger charge is -2.05. The number of methoxy groups -OCH3 is 1. The van der Waals surface area contributed by atoms with Crippen LogP contribution in [0.5, 0.6) is 5.75 Å². The molecule has 24 heavy (non-hydrogen) atoms. The average molecular weight is 327 g/mol. The molecule has 5 nitrogen and oxygen atoms in total. The van der Waals surface area contributed by atoms with E-state index in [1.54, 1.807) is 23.9 Å². The first kappa shape index (κ1) is 17.5. The molecule has 0 saturated carbocycles. The van der Waals surface area contributed by atoms with Gasteiger partial charge in [0.2, 0.25) is 0 Å². The number of hydrogen-bond donors (Lipinski definition) is 1. The van der Waals surface area contributed by atoms with Gasteiger partial charge in [0.05, 0.1) is 7.11 Å². The molecule has 1 aromatic heterocycles. The van der Waals surface area contributed by atoms with E-state index in [4.69, 9.17) is 9.84 Å². The maximum Gasteiger partial charge on any atom is 0.303 e. The Morgan fingerprint density at radius 3 is 2.58 bits per heavy atom. The van der Waals surface area contributed by atoms with Gasteiger partial charge in [0.25, 0.3) is 5.56 Å². The summed E-state index contributed by atoms with van der Waals surface area (Å²) in [6, 6.07) is 11.1. The molecule has 126 valence electrons. The standard InChI is InChI=1S/C19H21NO4/c1-24-17-6-4-5-15(13-17)8-9-16-10-12-20(18(21)14-16)11-3-2-7-19(22)23/h4-6,8-10,12-14H,2-3,7,11H2,1H3,(H,22,23)/b9-8+. The molecule has 0 radical (unpaired) electrons. The molecular weight excluding hydrogens is 306 g/mol. The molecular formula is C19H21NO4. The van der Waals surface area contributed by atoms with Gasteiger partial charge >= 0.3 is 5.97 Å². The number of pyridine rings is 1. The van der Waals surface area contributed by atoms with Gasteiger partial charge in [-0.15, -0.1) is 0 Å². The van der Waals surface area contributed by atoms with Crippen molar-refractivity contribution in [3.8, 4) is 5.75 Å². The number of aromatic nitrogens is 1. The Balaban J connectivity index is 1.99. The van der Waals surface area contributed by atoms with Crippen molar-refractivity contribution in [2.24, 2.45) is 0 Å². The number of unbranched alkanes of at least 4 members (excludes halogenated alkanes) is 1. The van der Waals surface area contributed by atoms with E-state index in [-0.39, 0.29) is 12.0 Å². The highest BCUT2D eigenvalue weighted by molar-refractivity contribution is 5.69. The molecule has 1 aromatic carbocycles. The molecule has 0 spiro atoms. The van der Waals surface area contributed by atoms with E-state index in [1.165, 1.54) is 0 Å². The molecule has 0 fully saturated rings. The smallest absolute Gasteiger partial charge is 0.303 e. The highest BCUT2D eigenvalue weighted by atomic mass is 16.5. The van der Waals surface area contributed by atoms with Crippen molar-refractivity contribution < 1.29 is 14.6 Å². The molecule has 2 aromatic rings. The number of carboxylic acid groups (broad SMARTS) is 1. The van der Waals surface area contributed by atoms with E-state index in [0.29, 0.717) is 19.4 Å². The van der Waals surface area contributed by atoms with E-state index < -0.39 is 5.97 Å². The fourth-order valence-electron chi connectivity index (χ4n) is 2.31. The lowest BCUT2D eigenvalue weighted by atomic mass is 10.1. The number of hydrogen-bond acceptors (Lipinski definition) is 3. The molecule has 0 saturated heterocycles. The van der Waals surface area contributed by atoms with Crippen molar-refractivity contribution in [3.05, 3.63) is 64.1 Å². The Hall–Kier alpha value is -2.82. The first-order valence-corrected chi connectivity index (χ1v) is 7.83. The highest BCUT2D eigenvalue weighted by Gasteiger charge is 2.00. The van der Waals surface area contributed by atoms with E-state index in [9.17, 15) is 9.59 Å². The number of benzene rings is 1. The summed E-state index contributed by atoms with van der Waals surface area (Å²) in [4.78, 5) is 22.5. The number of ether oxygens (including phenoxy) is 1. The summed E-state index contributed by atoms with van der Waals surface area (Å²) in [6.45, 7) is 0.534. The van der Waals surface area contributed by atoms with Crippen molar-refractivity contribution in [2.45, 2.75) is 25.8 Å². The van der Waals surface area contributed by atoms with Crippen LogP contribution in [-0.4, -0.2) is 22.8 Å². The Bertz CT molecular complexity index is 777. The van der Waals surface area contributed by atoms with Crippen LogP contribution in [0.15, 0.2) is 47.4 Å². The van der Waals surface area contributed by atoms with Crippen LogP contribution in [0.2, 0.25) is 0 Å². The van der Waals surface area contributed by atoms with Crippen LogP contribution in [0.3, 0.4) is 0 Å². The summed E-state index contributed by atoms with van der Waals surface area (Å²) in [5.74, 6) is -0.0192. The van der Waals surface area contributed by atoms with Crippen LogP contribution in [-0.2, 0) is 11.3 Å². The zero-order valence-electron chi connectivity index (χ0n) is 13.6. The maximum atomic E-state index is 12.1. The predicted octanol–water partition coefficient (Wildman–Crippen LogP) is 3.28. The number of carboxylic acids is 1. The average Bonchev–Trinajstić information content (AvgIpc) is 2.58. The molecule has 0 unspecified atom stereocenters. The van der Waals surface area contributed by atoms with Crippen LogP contribution in [0.4, 0.5) is 0 Å². The third-order valence-corrected chi connectivity index (χ3v) is 3.62. The van der Waals surface area contributed by atoms with Gasteiger partial charge in [0.15, 0.2) is 0 Å². The zero-order valence-corrected chi connectivity index (χ0v) is 13.6. The molecule has 0 aliphatic carbocycles. The van der Waals surface area contributed by atoms with Gasteiger partial charge in [0.1, 0.15) is 5.75 Å². The topological polar surface area (TPSA) is 68.5 Å². The van der Waals surface area contributed by atoms with E-state index in [1.807, 2.05) is 42.5 Å². The lowest BCUT2D eigenvalue weighted by molar-refractivity contribution is -0.137. The zero-order chi connectivity index (χ0) is 17.4. The summed E-state index contributed by atoms with van der Waals surface area (Å²) < 4.78 is 6.78. The third-order valence-electron chi connectivity index (χ3n) is 3.62. The van der Waals surface area contributed by atoms with Gasteiger partial charge in [-0.2, -0.15) is 0 Å². The fourth-order valence-corrected chi connectivity index (χ4v) is 2.31. The molecule has 0 aliphatic heterocycles. The summed E-state index contributed by atoms with van der Waals surface area (Å²) in [7, 11) is 1.62. The van der Waals surface area contributed by atoms with Crippen LogP contribution < -0.4 is 10.3 Å². The molecule has 0 aliphatic rings. The maximum absolute atomic E-state index is 12.1. The quantitative estimate of drug-likeness (QED) is 0.756. The summed E-state index contributed by atoms with van der Waals surface area (Å²) in [6.07, 6.45) is 6.92. The predicted molar refractivity (Wildman–Crippen MR) is 94.1 cm³/mol. The molecule has 0 bridgehead atoms. The third kappa shape index (κ3) is 5.43. The van der Waals surface area contributed by atoms with Crippen LogP contribution in [0.25, 0.3) is 12.2 Å². The number of aryl methyl sites for hydroxylation is 1.